The molecule has 0 aliphatic heterocycles. The van der Waals surface area contributed by atoms with Crippen LogP contribution in [0.1, 0.15) is 46.1 Å². The summed E-state index contributed by atoms with van der Waals surface area (Å²) < 4.78 is 6.79. The number of anilines is 1. The minimum Gasteiger partial charge on any atom is -0.448 e. The molecule has 8 nitrogen and oxygen atoms in total. The molecule has 8 heteroatoms. The Labute approximate surface area is 139 Å². The normalized spacial score (nSPS) is 11.9. The Kier molecular flexibility index (Phi) is 4.87. The quantitative estimate of drug-likeness (QED) is 0.641. The van der Waals surface area contributed by atoms with Crippen molar-refractivity contribution in [1.82, 2.24) is 14.8 Å². The predicted molar refractivity (Wildman–Crippen MR) is 87.0 cm³/mol. The van der Waals surface area contributed by atoms with Gasteiger partial charge in [-0.3, -0.25) is 14.3 Å². The van der Waals surface area contributed by atoms with E-state index in [0.29, 0.717) is 16.9 Å². The number of H-pyrrole nitrogens is 1. The number of nitrogens with zero attached hydrogens (tertiary/aromatic N) is 2. The third-order valence-electron chi connectivity index (χ3n) is 3.72. The van der Waals surface area contributed by atoms with Gasteiger partial charge in [0, 0.05) is 18.8 Å². The van der Waals surface area contributed by atoms with E-state index in [1.807, 2.05) is 6.92 Å². The lowest BCUT2D eigenvalue weighted by molar-refractivity contribution is -0.123. The standard InChI is InChI=1S/C16H20N4O4/c1-8-14(9(2)20(5)19-8)18-15(22)11(4)24-16(23)13-6-12(7-17-13)10(3)21/h6-7,11,17H,1-5H3,(H,18,22). The summed E-state index contributed by atoms with van der Waals surface area (Å²) in [4.78, 5) is 38.1. The van der Waals surface area contributed by atoms with E-state index >= 15 is 0 Å². The molecule has 1 amide bonds. The van der Waals surface area contributed by atoms with Gasteiger partial charge in [0.05, 0.1) is 17.1 Å². The molecule has 0 saturated heterocycles. The number of aromatic amines is 1. The van der Waals surface area contributed by atoms with E-state index in [1.54, 1.807) is 18.7 Å². The maximum absolute atomic E-state index is 12.2. The number of hydrogen-bond acceptors (Lipinski definition) is 5. The molecule has 2 rings (SSSR count). The molecule has 1 atom stereocenters. The van der Waals surface area contributed by atoms with Crippen LogP contribution in [-0.2, 0) is 16.6 Å². The topological polar surface area (TPSA) is 106 Å². The van der Waals surface area contributed by atoms with Crippen LogP contribution in [0.5, 0.6) is 0 Å². The molecule has 0 saturated carbocycles. The highest BCUT2D eigenvalue weighted by Crippen LogP contribution is 2.19. The third kappa shape index (κ3) is 3.53. The summed E-state index contributed by atoms with van der Waals surface area (Å²) in [6, 6.07) is 1.39. The Hall–Kier alpha value is -2.90. The van der Waals surface area contributed by atoms with Crippen LogP contribution in [0.4, 0.5) is 5.69 Å². The van der Waals surface area contributed by atoms with Crippen molar-refractivity contribution in [1.29, 1.82) is 0 Å². The van der Waals surface area contributed by atoms with Crippen molar-refractivity contribution in [3.63, 3.8) is 0 Å². The summed E-state index contributed by atoms with van der Waals surface area (Å²) in [7, 11) is 1.78. The first-order chi connectivity index (χ1) is 11.2. The predicted octanol–water partition coefficient (Wildman–Crippen LogP) is 1.75. The van der Waals surface area contributed by atoms with Crippen molar-refractivity contribution < 1.29 is 19.1 Å². The van der Waals surface area contributed by atoms with Crippen molar-refractivity contribution in [2.75, 3.05) is 5.32 Å². The van der Waals surface area contributed by atoms with Crippen LogP contribution in [0, 0.1) is 13.8 Å². The molecule has 0 spiro atoms. The molecule has 2 heterocycles. The van der Waals surface area contributed by atoms with E-state index in [2.05, 4.69) is 15.4 Å². The van der Waals surface area contributed by atoms with Gasteiger partial charge in [-0.25, -0.2) is 4.79 Å². The molecule has 2 aromatic rings. The van der Waals surface area contributed by atoms with E-state index in [4.69, 9.17) is 4.74 Å². The molecule has 2 N–H and O–H groups in total. The van der Waals surface area contributed by atoms with Gasteiger partial charge in [-0.1, -0.05) is 0 Å². The van der Waals surface area contributed by atoms with E-state index in [0.717, 1.165) is 5.69 Å². The molecule has 128 valence electrons. The number of ketones is 1. The minimum absolute atomic E-state index is 0.119. The number of ether oxygens (including phenoxy) is 1. The first-order valence-electron chi connectivity index (χ1n) is 7.42. The van der Waals surface area contributed by atoms with Gasteiger partial charge in [0.2, 0.25) is 0 Å². The van der Waals surface area contributed by atoms with Crippen LogP contribution >= 0.6 is 0 Å². The van der Waals surface area contributed by atoms with Crippen LogP contribution in [0.25, 0.3) is 0 Å². The number of hydrogen-bond donors (Lipinski definition) is 2. The number of aromatic nitrogens is 3. The molecule has 0 fully saturated rings. The van der Waals surface area contributed by atoms with Crippen LogP contribution in [0.2, 0.25) is 0 Å². The van der Waals surface area contributed by atoms with E-state index in [-0.39, 0.29) is 11.5 Å². The summed E-state index contributed by atoms with van der Waals surface area (Å²) >= 11 is 0. The van der Waals surface area contributed by atoms with Crippen LogP contribution in [-0.4, -0.2) is 38.5 Å². The monoisotopic (exact) mass is 332 g/mol. The van der Waals surface area contributed by atoms with Gasteiger partial charge < -0.3 is 15.0 Å². The van der Waals surface area contributed by atoms with Crippen molar-refractivity contribution in [2.45, 2.75) is 33.8 Å². The smallest absolute Gasteiger partial charge is 0.355 e. The van der Waals surface area contributed by atoms with Gasteiger partial charge in [0.1, 0.15) is 5.69 Å². The first kappa shape index (κ1) is 17.5. The van der Waals surface area contributed by atoms with Gasteiger partial charge in [0.15, 0.2) is 11.9 Å². The lowest BCUT2D eigenvalue weighted by atomic mass is 10.2. The second-order valence-electron chi connectivity index (χ2n) is 5.56. The second kappa shape index (κ2) is 6.69. The van der Waals surface area contributed by atoms with Gasteiger partial charge >= 0.3 is 5.97 Å². The zero-order valence-electron chi connectivity index (χ0n) is 14.3. The Bertz CT molecular complexity index is 803. The Morgan fingerprint density at radius 2 is 2.00 bits per heavy atom. The highest BCUT2D eigenvalue weighted by Gasteiger charge is 2.22. The molecule has 0 aliphatic rings. The molecule has 24 heavy (non-hydrogen) atoms. The molecular weight excluding hydrogens is 312 g/mol. The lowest BCUT2D eigenvalue weighted by Gasteiger charge is -2.13. The van der Waals surface area contributed by atoms with Crippen molar-refractivity contribution in [3.05, 3.63) is 34.9 Å². The fourth-order valence-electron chi connectivity index (χ4n) is 2.17. The van der Waals surface area contributed by atoms with Gasteiger partial charge in [-0.05, 0) is 33.8 Å². The minimum atomic E-state index is -0.999. The van der Waals surface area contributed by atoms with E-state index < -0.39 is 18.0 Å². The van der Waals surface area contributed by atoms with Crippen LogP contribution in [0.3, 0.4) is 0 Å². The molecule has 2 aromatic heterocycles. The number of esters is 1. The lowest BCUT2D eigenvalue weighted by Crippen LogP contribution is -2.30. The number of rotatable bonds is 5. The summed E-state index contributed by atoms with van der Waals surface area (Å²) in [5.41, 5.74) is 2.57. The van der Waals surface area contributed by atoms with Crippen molar-refractivity contribution in [3.8, 4) is 0 Å². The van der Waals surface area contributed by atoms with E-state index in [9.17, 15) is 14.4 Å². The zero-order chi connectivity index (χ0) is 18.0. The molecule has 0 bridgehead atoms. The molecule has 1 unspecified atom stereocenters. The fourth-order valence-corrected chi connectivity index (χ4v) is 2.17. The maximum atomic E-state index is 12.2. The van der Waals surface area contributed by atoms with Gasteiger partial charge in [-0.15, -0.1) is 0 Å². The maximum Gasteiger partial charge on any atom is 0.355 e. The number of nitrogens with one attached hydrogen (secondary N) is 2. The molecule has 0 aromatic carbocycles. The van der Waals surface area contributed by atoms with Crippen molar-refractivity contribution >= 4 is 23.3 Å². The number of carbonyl (C=O) groups excluding carboxylic acids is 3. The van der Waals surface area contributed by atoms with E-state index in [1.165, 1.54) is 26.1 Å². The summed E-state index contributed by atoms with van der Waals surface area (Å²) in [6.45, 7) is 6.48. The summed E-state index contributed by atoms with van der Waals surface area (Å²) in [6.07, 6.45) is 0.423. The molecular formula is C16H20N4O4. The van der Waals surface area contributed by atoms with Crippen LogP contribution < -0.4 is 5.32 Å². The highest BCUT2D eigenvalue weighted by atomic mass is 16.5. The zero-order valence-corrected chi connectivity index (χ0v) is 14.3. The Balaban J connectivity index is 2.02. The first-order valence-corrected chi connectivity index (χ1v) is 7.42. The number of aryl methyl sites for hydroxylation is 2. The fraction of sp³-hybridized carbons (Fsp3) is 0.375. The Morgan fingerprint density at radius 1 is 1.33 bits per heavy atom. The third-order valence-corrected chi connectivity index (χ3v) is 3.72. The average Bonchev–Trinajstić information content (AvgIpc) is 3.08. The average molecular weight is 332 g/mol. The largest absolute Gasteiger partial charge is 0.448 e. The number of Topliss-reactive ketones (excluding diaryl/α,β-unsaturated/α-hetero) is 1. The highest BCUT2D eigenvalue weighted by molar-refractivity contribution is 5.99. The SMILES string of the molecule is CC(=O)c1c[nH]c(C(=O)OC(C)C(=O)Nc2c(C)nn(C)c2C)c1. The number of carbonyl (C=O) groups is 3. The molecule has 0 aliphatic carbocycles. The van der Waals surface area contributed by atoms with Gasteiger partial charge in [-0.2, -0.15) is 5.10 Å². The molecule has 0 radical (unpaired) electrons. The number of amides is 1. The second-order valence-corrected chi connectivity index (χ2v) is 5.56. The van der Waals surface area contributed by atoms with Gasteiger partial charge in [0.25, 0.3) is 5.91 Å². The summed E-state index contributed by atoms with van der Waals surface area (Å²) in [5, 5.41) is 6.92. The van der Waals surface area contributed by atoms with Crippen molar-refractivity contribution in [2.24, 2.45) is 7.05 Å². The summed E-state index contributed by atoms with van der Waals surface area (Å²) in [5.74, 6) is -1.33. The van der Waals surface area contributed by atoms with Crippen LogP contribution in [0.15, 0.2) is 12.3 Å². The Morgan fingerprint density at radius 3 is 2.50 bits per heavy atom.